The molecule has 1 unspecified atom stereocenters. The third-order valence-corrected chi connectivity index (χ3v) is 6.42. The molecule has 1 atom stereocenters. The maximum absolute atomic E-state index is 13.5. The molecule has 3 aromatic heterocycles. The number of pyridine rings is 2. The van der Waals surface area contributed by atoms with Crippen molar-refractivity contribution in [2.24, 2.45) is 0 Å². The first-order valence-corrected chi connectivity index (χ1v) is 12.1. The Hall–Kier alpha value is -4.00. The molecule has 3 heterocycles. The van der Waals surface area contributed by atoms with Gasteiger partial charge in [-0.2, -0.15) is 5.26 Å². The van der Waals surface area contributed by atoms with Crippen molar-refractivity contribution >= 4 is 23.0 Å². The molecule has 0 fully saturated rings. The van der Waals surface area contributed by atoms with Gasteiger partial charge < -0.3 is 14.0 Å². The molecule has 0 saturated heterocycles. The van der Waals surface area contributed by atoms with Crippen LogP contribution >= 0.6 is 11.6 Å². The van der Waals surface area contributed by atoms with E-state index in [1.165, 1.54) is 23.9 Å². The summed E-state index contributed by atoms with van der Waals surface area (Å²) in [7, 11) is 3.01. The fraction of sp³-hybridized carbons (Fsp3) is 0.296. The lowest BCUT2D eigenvalue weighted by molar-refractivity contribution is -0.122. The second-order valence-corrected chi connectivity index (χ2v) is 8.91. The Morgan fingerprint density at radius 2 is 1.95 bits per heavy atom. The zero-order valence-electron chi connectivity index (χ0n) is 20.8. The van der Waals surface area contributed by atoms with E-state index in [4.69, 9.17) is 21.1 Å². The molecule has 4 aromatic rings. The van der Waals surface area contributed by atoms with E-state index in [1.54, 1.807) is 25.3 Å². The van der Waals surface area contributed by atoms with E-state index in [0.29, 0.717) is 46.0 Å². The van der Waals surface area contributed by atoms with Crippen molar-refractivity contribution in [1.82, 2.24) is 19.2 Å². The normalized spacial score (nSPS) is 11.9. The van der Waals surface area contributed by atoms with Crippen molar-refractivity contribution in [2.75, 3.05) is 20.8 Å². The highest BCUT2D eigenvalue weighted by molar-refractivity contribution is 6.31. The first-order chi connectivity index (χ1) is 17.9. The van der Waals surface area contributed by atoms with Gasteiger partial charge in [0.1, 0.15) is 11.6 Å². The van der Waals surface area contributed by atoms with Crippen LogP contribution in [-0.4, -0.2) is 45.8 Å². The Balaban J connectivity index is 1.73. The number of halogens is 1. The predicted molar refractivity (Wildman–Crippen MR) is 139 cm³/mol. The highest BCUT2D eigenvalue weighted by atomic mass is 35.5. The summed E-state index contributed by atoms with van der Waals surface area (Å²) in [6, 6.07) is 11.2. The number of ketones is 1. The molecule has 0 spiro atoms. The van der Waals surface area contributed by atoms with Gasteiger partial charge >= 0.3 is 0 Å². The molecule has 0 aliphatic carbocycles. The van der Waals surface area contributed by atoms with Gasteiger partial charge in [-0.15, -0.1) is 10.2 Å². The number of fused-ring (bicyclic) bond motifs is 1. The van der Waals surface area contributed by atoms with E-state index >= 15 is 0 Å². The number of rotatable bonds is 10. The summed E-state index contributed by atoms with van der Waals surface area (Å²) >= 11 is 6.16. The van der Waals surface area contributed by atoms with Crippen molar-refractivity contribution in [2.45, 2.75) is 32.2 Å². The molecule has 0 aliphatic rings. The fourth-order valence-corrected chi connectivity index (χ4v) is 4.49. The number of carbonyl (C=O) groups excluding carboxylic acids is 1. The van der Waals surface area contributed by atoms with Gasteiger partial charge in [-0.25, -0.2) is 0 Å². The van der Waals surface area contributed by atoms with E-state index in [1.807, 2.05) is 29.7 Å². The lowest BCUT2D eigenvalue weighted by Crippen LogP contribution is -2.31. The summed E-state index contributed by atoms with van der Waals surface area (Å²) in [5, 5.41) is 18.3. The van der Waals surface area contributed by atoms with Gasteiger partial charge in [-0.3, -0.25) is 14.0 Å². The van der Waals surface area contributed by atoms with Crippen LogP contribution in [-0.2, 0) is 22.4 Å². The number of benzene rings is 1. The average Bonchev–Trinajstić information content (AvgIpc) is 3.31. The molecular weight excluding hydrogens is 494 g/mol. The molecular formula is C27H26ClN5O4. The zero-order valence-corrected chi connectivity index (χ0v) is 21.5. The van der Waals surface area contributed by atoms with E-state index in [2.05, 4.69) is 16.3 Å². The van der Waals surface area contributed by atoms with Crippen LogP contribution in [0.5, 0.6) is 5.75 Å². The van der Waals surface area contributed by atoms with Gasteiger partial charge in [-0.1, -0.05) is 24.6 Å². The number of Topliss-reactive ketones (excluding diaryl/α,β-unsaturated/α-hetero) is 1. The van der Waals surface area contributed by atoms with E-state index in [0.717, 1.165) is 11.4 Å². The molecule has 0 N–H and O–H groups in total. The van der Waals surface area contributed by atoms with E-state index < -0.39 is 11.6 Å². The van der Waals surface area contributed by atoms with Crippen LogP contribution in [0, 0.1) is 11.3 Å². The highest BCUT2D eigenvalue weighted by Gasteiger charge is 2.24. The number of hydrogen-bond acceptors (Lipinski definition) is 7. The second-order valence-electron chi connectivity index (χ2n) is 8.48. The summed E-state index contributed by atoms with van der Waals surface area (Å²) in [6.45, 7) is 2.27. The van der Waals surface area contributed by atoms with Gasteiger partial charge in [-0.05, 0) is 36.2 Å². The first kappa shape index (κ1) is 26.1. The lowest BCUT2D eigenvalue weighted by Gasteiger charge is -2.21. The van der Waals surface area contributed by atoms with Crippen LogP contribution in [0.2, 0.25) is 5.02 Å². The van der Waals surface area contributed by atoms with Crippen LogP contribution in [0.1, 0.15) is 36.3 Å². The number of hydrogen-bond donors (Lipinski definition) is 0. The van der Waals surface area contributed by atoms with Crippen LogP contribution < -0.4 is 10.3 Å². The van der Waals surface area contributed by atoms with Crippen LogP contribution in [0.4, 0.5) is 0 Å². The van der Waals surface area contributed by atoms with Gasteiger partial charge in [0.15, 0.2) is 11.4 Å². The zero-order chi connectivity index (χ0) is 26.5. The van der Waals surface area contributed by atoms with Crippen LogP contribution in [0.3, 0.4) is 0 Å². The standard InChI is InChI=1S/C27H26ClN5O4/c1-4-25-30-31-26-8-5-17(15-33(25)26)11-23(34)22(9-10-36-2)32-16-24(37-3)21(13-27(32)35)20-12-19(28)7-6-18(20)14-29/h5-8,12-13,15-16,22H,4,9-11H2,1-3H3. The van der Waals surface area contributed by atoms with E-state index in [9.17, 15) is 14.9 Å². The van der Waals surface area contributed by atoms with Crippen molar-refractivity contribution in [3.8, 4) is 22.9 Å². The number of methoxy groups -OCH3 is 2. The SMILES string of the molecule is CCc1nnc2ccc(CC(=O)C(CCOC)n3cc(OC)c(-c4cc(Cl)ccc4C#N)cc3=O)cn12. The van der Waals surface area contributed by atoms with Gasteiger partial charge in [0.05, 0.1) is 31.0 Å². The van der Waals surface area contributed by atoms with E-state index in [-0.39, 0.29) is 18.8 Å². The minimum Gasteiger partial charge on any atom is -0.495 e. The Bertz CT molecular complexity index is 1550. The average molecular weight is 520 g/mol. The van der Waals surface area contributed by atoms with Crippen LogP contribution in [0.15, 0.2) is 53.6 Å². The maximum atomic E-state index is 13.5. The molecule has 0 amide bonds. The number of ether oxygens (including phenoxy) is 2. The molecule has 9 nitrogen and oxygen atoms in total. The Labute approximate surface area is 218 Å². The van der Waals surface area contributed by atoms with Crippen molar-refractivity contribution in [1.29, 1.82) is 5.26 Å². The fourth-order valence-electron chi connectivity index (χ4n) is 4.31. The molecule has 0 saturated carbocycles. The quantitative estimate of drug-likeness (QED) is 0.311. The third-order valence-electron chi connectivity index (χ3n) is 6.19. The summed E-state index contributed by atoms with van der Waals surface area (Å²) in [6.07, 6.45) is 4.48. The van der Waals surface area contributed by atoms with Crippen molar-refractivity contribution < 1.29 is 14.3 Å². The molecule has 1 aromatic carbocycles. The summed E-state index contributed by atoms with van der Waals surface area (Å²) in [4.78, 5) is 26.9. The number of carbonyl (C=O) groups is 1. The second kappa shape index (κ2) is 11.4. The van der Waals surface area contributed by atoms with Gasteiger partial charge in [0.2, 0.25) is 0 Å². The number of nitriles is 1. The van der Waals surface area contributed by atoms with Crippen molar-refractivity contribution in [3.63, 3.8) is 0 Å². The lowest BCUT2D eigenvalue weighted by atomic mass is 9.99. The maximum Gasteiger partial charge on any atom is 0.252 e. The minimum absolute atomic E-state index is 0.106. The minimum atomic E-state index is -0.785. The molecule has 4 rings (SSSR count). The summed E-state index contributed by atoms with van der Waals surface area (Å²) < 4.78 is 14.1. The predicted octanol–water partition coefficient (Wildman–Crippen LogP) is 4.04. The smallest absolute Gasteiger partial charge is 0.252 e. The Morgan fingerprint density at radius 1 is 1.14 bits per heavy atom. The summed E-state index contributed by atoms with van der Waals surface area (Å²) in [5.41, 5.74) is 2.33. The number of aromatic nitrogens is 4. The Morgan fingerprint density at radius 3 is 2.65 bits per heavy atom. The van der Waals surface area contributed by atoms with Crippen molar-refractivity contribution in [3.05, 3.63) is 81.1 Å². The molecule has 0 aliphatic heterocycles. The number of aryl methyl sites for hydroxylation is 1. The highest BCUT2D eigenvalue weighted by Crippen LogP contribution is 2.33. The summed E-state index contributed by atoms with van der Waals surface area (Å²) in [5.74, 6) is 0.988. The molecule has 0 radical (unpaired) electrons. The number of nitrogens with zero attached hydrogens (tertiary/aromatic N) is 5. The van der Waals surface area contributed by atoms with Crippen LogP contribution in [0.25, 0.3) is 16.8 Å². The molecule has 37 heavy (non-hydrogen) atoms. The molecule has 0 bridgehead atoms. The van der Waals surface area contributed by atoms with Gasteiger partial charge in [0.25, 0.3) is 5.56 Å². The largest absolute Gasteiger partial charge is 0.495 e. The molecule has 190 valence electrons. The Kier molecular flexibility index (Phi) is 8.01. The first-order valence-electron chi connectivity index (χ1n) is 11.7. The topological polar surface area (TPSA) is 112 Å². The van der Waals surface area contributed by atoms with Gasteiger partial charge in [0, 0.05) is 55.0 Å². The monoisotopic (exact) mass is 519 g/mol. The molecule has 10 heteroatoms. The third kappa shape index (κ3) is 5.40.